The Hall–Kier alpha value is -1.72. The predicted molar refractivity (Wildman–Crippen MR) is 82.6 cm³/mol. The van der Waals surface area contributed by atoms with Crippen molar-refractivity contribution in [3.05, 3.63) is 74.2 Å². The molecule has 0 aromatic heterocycles. The SMILES string of the molecule is O=[N+]([O-])c1ccccc1CCNCc1ccccc1Br. The van der Waals surface area contributed by atoms with E-state index in [9.17, 15) is 10.1 Å². The second-order valence-corrected chi connectivity index (χ2v) is 5.26. The highest BCUT2D eigenvalue weighted by atomic mass is 79.9. The van der Waals surface area contributed by atoms with Gasteiger partial charge in [-0.25, -0.2) is 0 Å². The third-order valence-corrected chi connectivity index (χ3v) is 3.81. The highest BCUT2D eigenvalue weighted by Gasteiger charge is 2.11. The zero-order valence-electron chi connectivity index (χ0n) is 10.9. The Morgan fingerprint density at radius 2 is 1.70 bits per heavy atom. The van der Waals surface area contributed by atoms with Crippen molar-refractivity contribution in [1.82, 2.24) is 5.32 Å². The maximum absolute atomic E-state index is 10.9. The molecule has 0 aliphatic heterocycles. The molecule has 0 radical (unpaired) electrons. The van der Waals surface area contributed by atoms with Gasteiger partial charge in [-0.2, -0.15) is 0 Å². The smallest absolute Gasteiger partial charge is 0.272 e. The quantitative estimate of drug-likeness (QED) is 0.498. The zero-order chi connectivity index (χ0) is 14.4. The number of nitro benzene ring substituents is 1. The Balaban J connectivity index is 1.88. The van der Waals surface area contributed by atoms with Crippen molar-refractivity contribution < 1.29 is 4.92 Å². The van der Waals surface area contributed by atoms with E-state index in [0.29, 0.717) is 13.0 Å². The van der Waals surface area contributed by atoms with E-state index in [1.165, 1.54) is 5.56 Å². The van der Waals surface area contributed by atoms with E-state index in [-0.39, 0.29) is 10.6 Å². The van der Waals surface area contributed by atoms with Crippen LogP contribution >= 0.6 is 15.9 Å². The lowest BCUT2D eigenvalue weighted by Crippen LogP contribution is -2.17. The van der Waals surface area contributed by atoms with Crippen molar-refractivity contribution in [2.75, 3.05) is 6.54 Å². The summed E-state index contributed by atoms with van der Waals surface area (Å²) in [5, 5.41) is 14.2. The molecule has 2 aromatic rings. The van der Waals surface area contributed by atoms with Gasteiger partial charge >= 0.3 is 0 Å². The van der Waals surface area contributed by atoms with Crippen LogP contribution in [0, 0.1) is 10.1 Å². The standard InChI is InChI=1S/C15H15BrN2O2/c16-14-7-3-1-6-13(14)11-17-10-9-12-5-2-4-8-15(12)18(19)20/h1-8,17H,9-11H2. The first-order valence-corrected chi connectivity index (χ1v) is 7.14. The van der Waals surface area contributed by atoms with Gasteiger partial charge in [-0.1, -0.05) is 52.3 Å². The third-order valence-electron chi connectivity index (χ3n) is 3.03. The summed E-state index contributed by atoms with van der Waals surface area (Å²) in [6.07, 6.45) is 0.640. The van der Waals surface area contributed by atoms with Crippen LogP contribution in [0.15, 0.2) is 53.0 Å². The van der Waals surface area contributed by atoms with E-state index in [0.717, 1.165) is 16.6 Å². The maximum Gasteiger partial charge on any atom is 0.272 e. The van der Waals surface area contributed by atoms with Crippen LogP contribution in [0.3, 0.4) is 0 Å². The number of hydrogen-bond donors (Lipinski definition) is 1. The number of hydrogen-bond acceptors (Lipinski definition) is 3. The van der Waals surface area contributed by atoms with Crippen LogP contribution in [-0.2, 0) is 13.0 Å². The molecule has 0 fully saturated rings. The van der Waals surface area contributed by atoms with Crippen molar-refractivity contribution >= 4 is 21.6 Å². The molecule has 0 atom stereocenters. The fourth-order valence-corrected chi connectivity index (χ4v) is 2.41. The van der Waals surface area contributed by atoms with Gasteiger partial charge in [-0.3, -0.25) is 10.1 Å². The first kappa shape index (κ1) is 14.7. The zero-order valence-corrected chi connectivity index (χ0v) is 12.5. The number of nitrogens with one attached hydrogen (secondary N) is 1. The summed E-state index contributed by atoms with van der Waals surface area (Å²) in [4.78, 5) is 10.6. The molecular formula is C15H15BrN2O2. The van der Waals surface area contributed by atoms with E-state index >= 15 is 0 Å². The average molecular weight is 335 g/mol. The predicted octanol–water partition coefficient (Wildman–Crippen LogP) is 3.69. The number of rotatable bonds is 6. The lowest BCUT2D eigenvalue weighted by atomic mass is 10.1. The number of benzene rings is 2. The van der Waals surface area contributed by atoms with Gasteiger partial charge in [-0.15, -0.1) is 0 Å². The van der Waals surface area contributed by atoms with Crippen molar-refractivity contribution in [3.63, 3.8) is 0 Å². The first-order chi connectivity index (χ1) is 9.68. The van der Waals surface area contributed by atoms with E-state index in [1.54, 1.807) is 18.2 Å². The molecule has 20 heavy (non-hydrogen) atoms. The van der Waals surface area contributed by atoms with Crippen molar-refractivity contribution in [3.8, 4) is 0 Å². The van der Waals surface area contributed by atoms with Gasteiger partial charge < -0.3 is 5.32 Å². The van der Waals surface area contributed by atoms with E-state index in [2.05, 4.69) is 21.2 Å². The molecule has 0 spiro atoms. The largest absolute Gasteiger partial charge is 0.312 e. The number of nitrogens with zero attached hydrogens (tertiary/aromatic N) is 1. The highest BCUT2D eigenvalue weighted by Crippen LogP contribution is 2.18. The van der Waals surface area contributed by atoms with Gasteiger partial charge in [0.05, 0.1) is 4.92 Å². The van der Waals surface area contributed by atoms with Crippen molar-refractivity contribution in [1.29, 1.82) is 0 Å². The second-order valence-electron chi connectivity index (χ2n) is 4.40. The molecule has 0 unspecified atom stereocenters. The van der Waals surface area contributed by atoms with Crippen LogP contribution in [0.5, 0.6) is 0 Å². The summed E-state index contributed by atoms with van der Waals surface area (Å²) in [7, 11) is 0. The minimum atomic E-state index is -0.330. The topological polar surface area (TPSA) is 55.2 Å². The summed E-state index contributed by atoms with van der Waals surface area (Å²) in [6, 6.07) is 14.9. The summed E-state index contributed by atoms with van der Waals surface area (Å²) >= 11 is 3.49. The Bertz CT molecular complexity index is 602. The average Bonchev–Trinajstić information content (AvgIpc) is 2.45. The molecule has 0 aliphatic rings. The lowest BCUT2D eigenvalue weighted by molar-refractivity contribution is -0.385. The Labute approximate surface area is 126 Å². The van der Waals surface area contributed by atoms with Gasteiger partial charge in [0.15, 0.2) is 0 Å². The molecule has 2 aromatic carbocycles. The normalized spacial score (nSPS) is 10.4. The first-order valence-electron chi connectivity index (χ1n) is 6.35. The molecular weight excluding hydrogens is 320 g/mol. The summed E-state index contributed by atoms with van der Waals surface area (Å²) < 4.78 is 1.07. The highest BCUT2D eigenvalue weighted by molar-refractivity contribution is 9.10. The maximum atomic E-state index is 10.9. The third kappa shape index (κ3) is 3.88. The van der Waals surface area contributed by atoms with Gasteiger partial charge in [0.25, 0.3) is 5.69 Å². The fraction of sp³-hybridized carbons (Fsp3) is 0.200. The summed E-state index contributed by atoms with van der Waals surface area (Å²) in [5.41, 5.74) is 2.13. The Morgan fingerprint density at radius 3 is 2.40 bits per heavy atom. The van der Waals surface area contributed by atoms with Crippen LogP contribution in [0.25, 0.3) is 0 Å². The fourth-order valence-electron chi connectivity index (χ4n) is 1.99. The molecule has 104 valence electrons. The van der Waals surface area contributed by atoms with Crippen molar-refractivity contribution in [2.45, 2.75) is 13.0 Å². The molecule has 0 amide bonds. The van der Waals surface area contributed by atoms with E-state index in [1.807, 2.05) is 30.3 Å². The van der Waals surface area contributed by atoms with Crippen LogP contribution < -0.4 is 5.32 Å². The molecule has 5 heteroatoms. The van der Waals surface area contributed by atoms with Gasteiger partial charge in [0.2, 0.25) is 0 Å². The molecule has 2 rings (SSSR count). The summed E-state index contributed by atoms with van der Waals surface area (Å²) in [6.45, 7) is 1.44. The van der Waals surface area contributed by atoms with Gasteiger partial charge in [0.1, 0.15) is 0 Å². The number of para-hydroxylation sites is 1. The lowest BCUT2D eigenvalue weighted by Gasteiger charge is -2.07. The summed E-state index contributed by atoms with van der Waals surface area (Å²) in [5.74, 6) is 0. The monoisotopic (exact) mass is 334 g/mol. The molecule has 0 saturated carbocycles. The molecule has 4 nitrogen and oxygen atoms in total. The molecule has 0 bridgehead atoms. The molecule has 0 aliphatic carbocycles. The minimum Gasteiger partial charge on any atom is -0.312 e. The van der Waals surface area contributed by atoms with Gasteiger partial charge in [0, 0.05) is 22.6 Å². The number of nitro groups is 1. The van der Waals surface area contributed by atoms with Crippen LogP contribution in [0.1, 0.15) is 11.1 Å². The van der Waals surface area contributed by atoms with Crippen molar-refractivity contribution in [2.24, 2.45) is 0 Å². The minimum absolute atomic E-state index is 0.190. The van der Waals surface area contributed by atoms with Gasteiger partial charge in [-0.05, 0) is 24.6 Å². The van der Waals surface area contributed by atoms with Crippen LogP contribution in [-0.4, -0.2) is 11.5 Å². The van der Waals surface area contributed by atoms with Crippen LogP contribution in [0.4, 0.5) is 5.69 Å². The van der Waals surface area contributed by atoms with E-state index in [4.69, 9.17) is 0 Å². The molecule has 0 saturated heterocycles. The second kappa shape index (κ2) is 7.17. The Kier molecular flexibility index (Phi) is 5.26. The van der Waals surface area contributed by atoms with Crippen LogP contribution in [0.2, 0.25) is 0 Å². The molecule has 1 N–H and O–H groups in total. The Morgan fingerprint density at radius 1 is 1.05 bits per heavy atom. The molecule has 0 heterocycles. The van der Waals surface area contributed by atoms with E-state index < -0.39 is 0 Å². The number of halogens is 1.